The van der Waals surface area contributed by atoms with Gasteiger partial charge in [0.05, 0.1) is 6.10 Å². The summed E-state index contributed by atoms with van der Waals surface area (Å²) in [7, 11) is 0. The van der Waals surface area contributed by atoms with E-state index in [0.29, 0.717) is 0 Å². The first-order valence-electron chi connectivity index (χ1n) is 6.96. The van der Waals surface area contributed by atoms with E-state index in [1.807, 2.05) is 18.2 Å². The molecule has 0 saturated carbocycles. The smallest absolute Gasteiger partial charge is 0.126 e. The number of hydrogen-bond donors (Lipinski definition) is 1. The van der Waals surface area contributed by atoms with Crippen LogP contribution in [0.4, 0.5) is 0 Å². The Morgan fingerprint density at radius 2 is 1.89 bits per heavy atom. The maximum absolute atomic E-state index is 5.83. The average molecular weight is 261 g/mol. The molecule has 0 spiro atoms. The molecule has 0 saturated heterocycles. The minimum Gasteiger partial charge on any atom is -0.490 e. The lowest BCUT2D eigenvalue weighted by Crippen LogP contribution is -2.36. The van der Waals surface area contributed by atoms with E-state index in [9.17, 15) is 0 Å². The van der Waals surface area contributed by atoms with Crippen LogP contribution in [0.3, 0.4) is 0 Å². The molecule has 2 nitrogen and oxygen atoms in total. The molecule has 0 amide bonds. The van der Waals surface area contributed by atoms with Crippen LogP contribution in [0.5, 0.6) is 5.75 Å². The lowest BCUT2D eigenvalue weighted by Gasteiger charge is -2.21. The lowest BCUT2D eigenvalue weighted by molar-refractivity contribution is 0.242. The Morgan fingerprint density at radius 3 is 2.47 bits per heavy atom. The first-order valence-corrected chi connectivity index (χ1v) is 6.96. The molecule has 1 aromatic rings. The number of para-hydroxylation sites is 1. The molecule has 19 heavy (non-hydrogen) atoms. The molecule has 0 fully saturated rings. The summed E-state index contributed by atoms with van der Waals surface area (Å²) in [5.41, 5.74) is 2.59. The van der Waals surface area contributed by atoms with Crippen LogP contribution in [0.1, 0.15) is 47.1 Å². The van der Waals surface area contributed by atoms with Crippen LogP contribution in [0.25, 0.3) is 6.08 Å². The first kappa shape index (κ1) is 15.8. The van der Waals surface area contributed by atoms with E-state index in [0.717, 1.165) is 17.9 Å². The van der Waals surface area contributed by atoms with Crippen molar-refractivity contribution in [3.05, 3.63) is 35.4 Å². The molecule has 1 rings (SSSR count). The van der Waals surface area contributed by atoms with E-state index in [4.69, 9.17) is 4.74 Å². The quantitative estimate of drug-likeness (QED) is 0.855. The highest BCUT2D eigenvalue weighted by atomic mass is 16.5. The van der Waals surface area contributed by atoms with Crippen molar-refractivity contribution in [1.29, 1.82) is 0 Å². The van der Waals surface area contributed by atoms with Gasteiger partial charge in [0, 0.05) is 17.6 Å². The van der Waals surface area contributed by atoms with Crippen LogP contribution in [-0.2, 0) is 0 Å². The van der Waals surface area contributed by atoms with E-state index in [-0.39, 0.29) is 11.6 Å². The van der Waals surface area contributed by atoms with Gasteiger partial charge in [0.25, 0.3) is 0 Å². The topological polar surface area (TPSA) is 21.3 Å². The van der Waals surface area contributed by atoms with Gasteiger partial charge in [-0.05, 0) is 47.6 Å². The molecule has 0 aliphatic heterocycles. The summed E-state index contributed by atoms with van der Waals surface area (Å²) in [4.78, 5) is 0. The molecule has 106 valence electrons. The Bertz CT molecular complexity index is 427. The summed E-state index contributed by atoms with van der Waals surface area (Å²) in [6.45, 7) is 13.7. The third kappa shape index (κ3) is 6.44. The second-order valence-electron chi connectivity index (χ2n) is 6.30. The molecule has 0 atom stereocenters. The van der Waals surface area contributed by atoms with Crippen LogP contribution in [-0.4, -0.2) is 18.2 Å². The Morgan fingerprint density at radius 1 is 1.26 bits per heavy atom. The molecule has 2 heteroatoms. The lowest BCUT2D eigenvalue weighted by atomic mass is 10.1. The molecule has 0 aliphatic rings. The summed E-state index contributed by atoms with van der Waals surface area (Å²) in [6.07, 6.45) is 2.39. The summed E-state index contributed by atoms with van der Waals surface area (Å²) in [6, 6.07) is 8.18. The summed E-state index contributed by atoms with van der Waals surface area (Å²) < 4.78 is 5.83. The van der Waals surface area contributed by atoms with Gasteiger partial charge >= 0.3 is 0 Å². The molecule has 0 aliphatic carbocycles. The van der Waals surface area contributed by atoms with Crippen molar-refractivity contribution < 1.29 is 4.74 Å². The van der Waals surface area contributed by atoms with Crippen molar-refractivity contribution in [2.75, 3.05) is 6.54 Å². The highest BCUT2D eigenvalue weighted by molar-refractivity contribution is 5.59. The normalized spacial score (nSPS) is 12.9. The predicted molar refractivity (Wildman–Crippen MR) is 83.6 cm³/mol. The van der Waals surface area contributed by atoms with Crippen LogP contribution >= 0.6 is 0 Å². The second kappa shape index (κ2) is 6.76. The Hall–Kier alpha value is -1.28. The van der Waals surface area contributed by atoms with E-state index in [2.05, 4.69) is 59.0 Å². The number of nitrogens with one attached hydrogen (secondary N) is 1. The van der Waals surface area contributed by atoms with Gasteiger partial charge in [0.15, 0.2) is 0 Å². The van der Waals surface area contributed by atoms with Gasteiger partial charge in [-0.1, -0.05) is 29.8 Å². The highest BCUT2D eigenvalue weighted by Crippen LogP contribution is 2.22. The minimum absolute atomic E-state index is 0.142. The van der Waals surface area contributed by atoms with Crippen molar-refractivity contribution >= 4 is 6.08 Å². The molecule has 0 radical (unpaired) electrons. The Kier molecular flexibility index (Phi) is 5.61. The van der Waals surface area contributed by atoms with Gasteiger partial charge < -0.3 is 10.1 Å². The molecule has 1 N–H and O–H groups in total. The van der Waals surface area contributed by atoms with Crippen molar-refractivity contribution in [2.45, 2.75) is 53.2 Å². The van der Waals surface area contributed by atoms with Crippen molar-refractivity contribution in [1.82, 2.24) is 5.32 Å². The molecule has 0 aromatic heterocycles. The third-order valence-corrected chi connectivity index (χ3v) is 2.58. The number of benzene rings is 1. The molecular formula is C17H27NO. The Labute approximate surface area is 117 Å². The molecule has 1 aromatic carbocycles. The van der Waals surface area contributed by atoms with Crippen molar-refractivity contribution in [2.24, 2.45) is 0 Å². The second-order valence-corrected chi connectivity index (χ2v) is 6.30. The first-order chi connectivity index (χ1) is 8.78. The predicted octanol–water partition coefficient (Wildman–Crippen LogP) is 4.27. The SMILES string of the molecule is CC(=Cc1ccccc1OC(C)C)CNC(C)(C)C. The van der Waals surface area contributed by atoms with E-state index in [1.54, 1.807) is 0 Å². The zero-order chi connectivity index (χ0) is 14.5. The van der Waals surface area contributed by atoms with E-state index < -0.39 is 0 Å². The standard InChI is InChI=1S/C17H27NO/c1-13(2)19-16-10-8-7-9-15(16)11-14(3)12-18-17(4,5)6/h7-11,13,18H,12H2,1-6H3. The third-order valence-electron chi connectivity index (χ3n) is 2.58. The monoisotopic (exact) mass is 261 g/mol. The maximum atomic E-state index is 5.83. The van der Waals surface area contributed by atoms with Gasteiger partial charge in [0.1, 0.15) is 5.75 Å². The number of rotatable bonds is 5. The zero-order valence-corrected chi connectivity index (χ0v) is 13.1. The van der Waals surface area contributed by atoms with Gasteiger partial charge in [-0.2, -0.15) is 0 Å². The minimum atomic E-state index is 0.142. The molecule has 0 heterocycles. The summed E-state index contributed by atoms with van der Waals surface area (Å²) in [5, 5.41) is 3.49. The van der Waals surface area contributed by atoms with Crippen molar-refractivity contribution in [3.8, 4) is 5.75 Å². The molecular weight excluding hydrogens is 234 g/mol. The fraction of sp³-hybridized carbons (Fsp3) is 0.529. The van der Waals surface area contributed by atoms with Crippen LogP contribution < -0.4 is 10.1 Å². The van der Waals surface area contributed by atoms with Gasteiger partial charge in [-0.3, -0.25) is 0 Å². The summed E-state index contributed by atoms with van der Waals surface area (Å²) in [5.74, 6) is 0.951. The maximum Gasteiger partial charge on any atom is 0.126 e. The van der Waals surface area contributed by atoms with E-state index in [1.165, 1.54) is 5.57 Å². The summed E-state index contributed by atoms with van der Waals surface area (Å²) >= 11 is 0. The fourth-order valence-corrected chi connectivity index (χ4v) is 1.68. The van der Waals surface area contributed by atoms with Crippen LogP contribution in [0, 0.1) is 0 Å². The molecule has 0 unspecified atom stereocenters. The van der Waals surface area contributed by atoms with Gasteiger partial charge in [-0.15, -0.1) is 0 Å². The Balaban J connectivity index is 2.79. The fourth-order valence-electron chi connectivity index (χ4n) is 1.68. The largest absolute Gasteiger partial charge is 0.490 e. The van der Waals surface area contributed by atoms with Gasteiger partial charge in [0.2, 0.25) is 0 Å². The zero-order valence-electron chi connectivity index (χ0n) is 13.1. The van der Waals surface area contributed by atoms with Crippen LogP contribution in [0.15, 0.2) is 29.8 Å². The highest BCUT2D eigenvalue weighted by Gasteiger charge is 2.08. The van der Waals surface area contributed by atoms with E-state index >= 15 is 0 Å². The number of ether oxygens (including phenoxy) is 1. The van der Waals surface area contributed by atoms with Crippen molar-refractivity contribution in [3.63, 3.8) is 0 Å². The number of hydrogen-bond acceptors (Lipinski definition) is 2. The van der Waals surface area contributed by atoms with Crippen LogP contribution in [0.2, 0.25) is 0 Å². The molecule has 0 bridgehead atoms. The average Bonchev–Trinajstić information content (AvgIpc) is 2.27. The van der Waals surface area contributed by atoms with Gasteiger partial charge in [-0.25, -0.2) is 0 Å².